The van der Waals surface area contributed by atoms with Gasteiger partial charge in [0, 0.05) is 32.4 Å². The molecule has 0 radical (unpaired) electrons. The van der Waals surface area contributed by atoms with Gasteiger partial charge in [-0.2, -0.15) is 5.10 Å². The fourth-order valence-electron chi connectivity index (χ4n) is 2.30. The molecule has 1 N–H and O–H groups in total. The van der Waals surface area contributed by atoms with Crippen LogP contribution in [0, 0.1) is 0 Å². The van der Waals surface area contributed by atoms with Gasteiger partial charge in [-0.3, -0.25) is 9.58 Å². The third kappa shape index (κ3) is 3.31. The van der Waals surface area contributed by atoms with Gasteiger partial charge in [-0.15, -0.1) is 0 Å². The Balaban J connectivity index is 1.84. The van der Waals surface area contributed by atoms with E-state index in [-0.39, 0.29) is 0 Å². The Kier molecular flexibility index (Phi) is 4.74. The monoisotopic (exact) mass is 253 g/mol. The minimum absolute atomic E-state index is 0.459. The summed E-state index contributed by atoms with van der Waals surface area (Å²) >= 11 is 0. The molecule has 5 nitrogen and oxygen atoms in total. The van der Waals surface area contributed by atoms with Crippen LogP contribution in [0.3, 0.4) is 0 Å². The maximum atomic E-state index is 10.2. The Bertz CT molecular complexity index is 372. The molecule has 1 aliphatic heterocycles. The lowest BCUT2D eigenvalue weighted by Gasteiger charge is -2.27. The Morgan fingerprint density at radius 3 is 2.78 bits per heavy atom. The van der Waals surface area contributed by atoms with Gasteiger partial charge in [-0.25, -0.2) is 0 Å². The van der Waals surface area contributed by atoms with E-state index >= 15 is 0 Å². The second-order valence-electron chi connectivity index (χ2n) is 4.80. The molecule has 2 rings (SSSR count). The lowest BCUT2D eigenvalue weighted by Crippen LogP contribution is -2.37. The van der Waals surface area contributed by atoms with Gasteiger partial charge < -0.3 is 9.84 Å². The van der Waals surface area contributed by atoms with Crippen LogP contribution in [0.5, 0.6) is 0 Å². The van der Waals surface area contributed by atoms with E-state index in [9.17, 15) is 5.11 Å². The number of ether oxygens (including phenoxy) is 1. The number of hydrogen-bond acceptors (Lipinski definition) is 4. The van der Waals surface area contributed by atoms with Crippen molar-refractivity contribution in [1.82, 2.24) is 14.7 Å². The van der Waals surface area contributed by atoms with Crippen LogP contribution < -0.4 is 0 Å². The predicted octanol–water partition coefficient (Wildman–Crippen LogP) is 0.738. The van der Waals surface area contributed by atoms with Crippen LogP contribution in [0.1, 0.15) is 30.8 Å². The van der Waals surface area contributed by atoms with Crippen LogP contribution in [-0.2, 0) is 18.2 Å². The summed E-state index contributed by atoms with van der Waals surface area (Å²) in [6.07, 6.45) is 1.22. The normalized spacial score (nSPS) is 19.1. The molecule has 102 valence electrons. The molecule has 0 saturated carbocycles. The third-order valence-corrected chi connectivity index (χ3v) is 3.52. The first-order chi connectivity index (χ1) is 8.70. The van der Waals surface area contributed by atoms with Crippen molar-refractivity contribution in [1.29, 1.82) is 0 Å². The van der Waals surface area contributed by atoms with Gasteiger partial charge in [-0.1, -0.05) is 6.92 Å². The molecule has 1 fully saturated rings. The van der Waals surface area contributed by atoms with Gasteiger partial charge in [0.25, 0.3) is 0 Å². The van der Waals surface area contributed by atoms with Crippen molar-refractivity contribution in [3.63, 3.8) is 0 Å². The highest BCUT2D eigenvalue weighted by Crippen LogP contribution is 2.17. The summed E-state index contributed by atoms with van der Waals surface area (Å²) in [6, 6.07) is 2.00. The van der Waals surface area contributed by atoms with Crippen LogP contribution in [0.25, 0.3) is 0 Å². The summed E-state index contributed by atoms with van der Waals surface area (Å²) in [6.45, 7) is 6.55. The standard InChI is InChI=1S/C13H23N3O2/c1-3-11-10-12(14-15(11)2)13(17)4-5-16-6-8-18-9-7-16/h10,13,17H,3-9H2,1-2H3. The molecule has 0 bridgehead atoms. The average molecular weight is 253 g/mol. The first kappa shape index (κ1) is 13.5. The van der Waals surface area contributed by atoms with E-state index < -0.39 is 6.10 Å². The maximum absolute atomic E-state index is 10.2. The fraction of sp³-hybridized carbons (Fsp3) is 0.769. The smallest absolute Gasteiger partial charge is 0.0990 e. The van der Waals surface area contributed by atoms with E-state index in [1.807, 2.05) is 17.8 Å². The highest BCUT2D eigenvalue weighted by Gasteiger charge is 2.16. The zero-order valence-corrected chi connectivity index (χ0v) is 11.3. The summed E-state index contributed by atoms with van der Waals surface area (Å²) in [7, 11) is 1.93. The molecule has 18 heavy (non-hydrogen) atoms. The highest BCUT2D eigenvalue weighted by molar-refractivity contribution is 5.12. The number of aromatic nitrogens is 2. The first-order valence-corrected chi connectivity index (χ1v) is 6.71. The van der Waals surface area contributed by atoms with Crippen molar-refractivity contribution in [2.24, 2.45) is 7.05 Å². The minimum atomic E-state index is -0.459. The lowest BCUT2D eigenvalue weighted by atomic mass is 10.1. The maximum Gasteiger partial charge on any atom is 0.0990 e. The van der Waals surface area contributed by atoms with E-state index in [4.69, 9.17) is 4.74 Å². The molecule has 5 heteroatoms. The van der Waals surface area contributed by atoms with Gasteiger partial charge in [0.15, 0.2) is 0 Å². The second-order valence-corrected chi connectivity index (χ2v) is 4.80. The van der Waals surface area contributed by atoms with Gasteiger partial charge in [-0.05, 0) is 18.9 Å². The van der Waals surface area contributed by atoms with E-state index in [0.29, 0.717) is 0 Å². The molecule has 1 aliphatic rings. The van der Waals surface area contributed by atoms with Gasteiger partial charge in [0.05, 0.1) is 25.0 Å². The topological polar surface area (TPSA) is 50.5 Å². The molecule has 1 saturated heterocycles. The van der Waals surface area contributed by atoms with Gasteiger partial charge >= 0.3 is 0 Å². The molecule has 0 amide bonds. The number of morpholine rings is 1. The molecule has 0 spiro atoms. The van der Waals surface area contributed by atoms with E-state index in [2.05, 4.69) is 16.9 Å². The number of aryl methyl sites for hydroxylation is 2. The zero-order chi connectivity index (χ0) is 13.0. The SMILES string of the molecule is CCc1cc(C(O)CCN2CCOCC2)nn1C. The summed E-state index contributed by atoms with van der Waals surface area (Å²) in [5, 5.41) is 14.5. The zero-order valence-electron chi connectivity index (χ0n) is 11.3. The van der Waals surface area contributed by atoms with Crippen molar-refractivity contribution in [3.8, 4) is 0 Å². The van der Waals surface area contributed by atoms with Crippen LogP contribution in [0.4, 0.5) is 0 Å². The summed E-state index contributed by atoms with van der Waals surface area (Å²) in [5.74, 6) is 0. The molecule has 1 atom stereocenters. The first-order valence-electron chi connectivity index (χ1n) is 6.71. The van der Waals surface area contributed by atoms with E-state index in [1.54, 1.807) is 0 Å². The largest absolute Gasteiger partial charge is 0.387 e. The number of aliphatic hydroxyl groups is 1. The van der Waals surface area contributed by atoms with E-state index in [1.165, 1.54) is 0 Å². The summed E-state index contributed by atoms with van der Waals surface area (Å²) in [4.78, 5) is 2.33. The van der Waals surface area contributed by atoms with Crippen molar-refractivity contribution >= 4 is 0 Å². The number of nitrogens with zero attached hydrogens (tertiary/aromatic N) is 3. The molecule has 1 aromatic heterocycles. The molecule has 1 unspecified atom stereocenters. The molecule has 2 heterocycles. The number of aliphatic hydroxyl groups excluding tert-OH is 1. The van der Waals surface area contributed by atoms with Crippen molar-refractivity contribution in [2.45, 2.75) is 25.9 Å². The van der Waals surface area contributed by atoms with Crippen molar-refractivity contribution in [2.75, 3.05) is 32.8 Å². The highest BCUT2D eigenvalue weighted by atomic mass is 16.5. The van der Waals surface area contributed by atoms with Gasteiger partial charge in [0.2, 0.25) is 0 Å². The Morgan fingerprint density at radius 2 is 2.17 bits per heavy atom. The predicted molar refractivity (Wildman–Crippen MR) is 69.4 cm³/mol. The molecule has 0 aliphatic carbocycles. The Hall–Kier alpha value is -0.910. The number of hydrogen-bond donors (Lipinski definition) is 1. The van der Waals surface area contributed by atoms with Crippen molar-refractivity contribution in [3.05, 3.63) is 17.5 Å². The minimum Gasteiger partial charge on any atom is -0.387 e. The number of rotatable bonds is 5. The molecular formula is C13H23N3O2. The fourth-order valence-corrected chi connectivity index (χ4v) is 2.30. The lowest BCUT2D eigenvalue weighted by molar-refractivity contribution is 0.0297. The summed E-state index contributed by atoms with van der Waals surface area (Å²) in [5.41, 5.74) is 1.96. The van der Waals surface area contributed by atoms with E-state index in [0.717, 1.165) is 57.1 Å². The Labute approximate surface area is 108 Å². The third-order valence-electron chi connectivity index (χ3n) is 3.52. The average Bonchev–Trinajstić information content (AvgIpc) is 2.78. The second kappa shape index (κ2) is 6.31. The van der Waals surface area contributed by atoms with Crippen LogP contribution in [0.2, 0.25) is 0 Å². The van der Waals surface area contributed by atoms with Crippen LogP contribution in [0.15, 0.2) is 6.07 Å². The van der Waals surface area contributed by atoms with Gasteiger partial charge in [0.1, 0.15) is 0 Å². The van der Waals surface area contributed by atoms with Crippen molar-refractivity contribution < 1.29 is 9.84 Å². The summed E-state index contributed by atoms with van der Waals surface area (Å²) < 4.78 is 7.16. The Morgan fingerprint density at radius 1 is 1.44 bits per heavy atom. The molecule has 1 aromatic rings. The van der Waals surface area contributed by atoms with Crippen LogP contribution >= 0.6 is 0 Å². The molecule has 0 aromatic carbocycles. The molecular weight excluding hydrogens is 230 g/mol. The van der Waals surface area contributed by atoms with Crippen LogP contribution in [-0.4, -0.2) is 52.6 Å². The quantitative estimate of drug-likeness (QED) is 0.841.